The Morgan fingerprint density at radius 1 is 1.26 bits per heavy atom. The monoisotopic (exact) mass is 368 g/mol. The van der Waals surface area contributed by atoms with Gasteiger partial charge in [0.15, 0.2) is 11.2 Å². The molecular formula is C18H20N6O3. The number of carbonyl (C=O) groups is 1. The molecule has 0 atom stereocenters. The number of rotatable bonds is 6. The molecular weight excluding hydrogens is 348 g/mol. The lowest BCUT2D eigenvalue weighted by Crippen LogP contribution is -2.21. The zero-order valence-electron chi connectivity index (χ0n) is 15.1. The number of nitrogens with two attached hydrogens (primary N) is 1. The minimum absolute atomic E-state index is 0.0144. The summed E-state index contributed by atoms with van der Waals surface area (Å²) in [7, 11) is 1.93. The number of H-pyrrole nitrogens is 1. The predicted molar refractivity (Wildman–Crippen MR) is 102 cm³/mol. The van der Waals surface area contributed by atoms with E-state index in [1.807, 2.05) is 24.1 Å². The van der Waals surface area contributed by atoms with Crippen LogP contribution in [-0.4, -0.2) is 46.1 Å². The second-order valence-corrected chi connectivity index (χ2v) is 5.92. The number of esters is 1. The summed E-state index contributed by atoms with van der Waals surface area (Å²) in [6, 6.07) is 7.18. The van der Waals surface area contributed by atoms with Gasteiger partial charge in [-0.25, -0.2) is 14.8 Å². The SMILES string of the molecule is CCOC(=O)c1ccc(N(C)CCc2cnc3nc(N)[nH]c(=O)c3n2)cc1. The van der Waals surface area contributed by atoms with Crippen LogP contribution in [0.4, 0.5) is 11.6 Å². The van der Waals surface area contributed by atoms with Gasteiger partial charge in [0.25, 0.3) is 5.56 Å². The van der Waals surface area contributed by atoms with E-state index >= 15 is 0 Å². The number of nitrogens with one attached hydrogen (secondary N) is 1. The number of ether oxygens (including phenoxy) is 1. The number of likely N-dealkylation sites (N-methyl/N-ethyl adjacent to an activating group) is 1. The van der Waals surface area contributed by atoms with Crippen LogP contribution in [-0.2, 0) is 11.2 Å². The van der Waals surface area contributed by atoms with Crippen LogP contribution in [0.25, 0.3) is 11.2 Å². The van der Waals surface area contributed by atoms with Gasteiger partial charge in [-0.15, -0.1) is 0 Å². The average Bonchev–Trinajstić information content (AvgIpc) is 2.66. The van der Waals surface area contributed by atoms with Crippen molar-refractivity contribution >= 4 is 28.8 Å². The number of hydrogen-bond acceptors (Lipinski definition) is 8. The zero-order valence-corrected chi connectivity index (χ0v) is 15.1. The zero-order chi connectivity index (χ0) is 19.4. The van der Waals surface area contributed by atoms with E-state index in [1.165, 1.54) is 0 Å². The molecule has 0 radical (unpaired) electrons. The van der Waals surface area contributed by atoms with E-state index in [9.17, 15) is 9.59 Å². The van der Waals surface area contributed by atoms with E-state index in [0.29, 0.717) is 30.8 Å². The Hall–Kier alpha value is -3.49. The summed E-state index contributed by atoms with van der Waals surface area (Å²) in [6.07, 6.45) is 2.18. The molecule has 9 heteroatoms. The Bertz CT molecular complexity index is 1020. The van der Waals surface area contributed by atoms with Gasteiger partial charge >= 0.3 is 5.97 Å². The second-order valence-electron chi connectivity index (χ2n) is 5.92. The number of carbonyl (C=O) groups excluding carboxylic acids is 1. The number of nitrogens with zero attached hydrogens (tertiary/aromatic N) is 4. The first-order valence-electron chi connectivity index (χ1n) is 8.47. The third-order valence-electron chi connectivity index (χ3n) is 4.01. The van der Waals surface area contributed by atoms with Crippen LogP contribution in [0.1, 0.15) is 23.0 Å². The summed E-state index contributed by atoms with van der Waals surface area (Å²) in [5, 5.41) is 0. The fourth-order valence-corrected chi connectivity index (χ4v) is 2.57. The molecule has 0 amide bonds. The maximum Gasteiger partial charge on any atom is 0.338 e. The van der Waals surface area contributed by atoms with Crippen LogP contribution in [0.2, 0.25) is 0 Å². The Labute approximate surface area is 155 Å². The maximum absolute atomic E-state index is 11.9. The quantitative estimate of drug-likeness (QED) is 0.620. The lowest BCUT2D eigenvalue weighted by molar-refractivity contribution is 0.0526. The molecule has 3 aromatic rings. The first kappa shape index (κ1) is 18.3. The van der Waals surface area contributed by atoms with Crippen molar-refractivity contribution in [3.63, 3.8) is 0 Å². The summed E-state index contributed by atoms with van der Waals surface area (Å²) in [4.78, 5) is 40.5. The summed E-state index contributed by atoms with van der Waals surface area (Å²) >= 11 is 0. The lowest BCUT2D eigenvalue weighted by atomic mass is 10.2. The van der Waals surface area contributed by atoms with Crippen LogP contribution in [0, 0.1) is 0 Å². The number of aromatic nitrogens is 4. The van der Waals surface area contributed by atoms with E-state index in [2.05, 4.69) is 19.9 Å². The molecule has 140 valence electrons. The summed E-state index contributed by atoms with van der Waals surface area (Å²) in [6.45, 7) is 2.77. The normalized spacial score (nSPS) is 10.7. The Morgan fingerprint density at radius 3 is 2.70 bits per heavy atom. The predicted octanol–water partition coefficient (Wildman–Crippen LogP) is 1.15. The largest absolute Gasteiger partial charge is 0.462 e. The topological polar surface area (TPSA) is 127 Å². The molecule has 0 fully saturated rings. The number of nitrogen functional groups attached to an aromatic ring is 1. The minimum Gasteiger partial charge on any atom is -0.462 e. The van der Waals surface area contributed by atoms with Crippen LogP contribution < -0.4 is 16.2 Å². The van der Waals surface area contributed by atoms with Gasteiger partial charge in [-0.2, -0.15) is 4.98 Å². The highest BCUT2D eigenvalue weighted by Gasteiger charge is 2.09. The van der Waals surface area contributed by atoms with Gasteiger partial charge in [-0.3, -0.25) is 9.78 Å². The van der Waals surface area contributed by atoms with Crippen molar-refractivity contribution in [3.05, 3.63) is 52.1 Å². The first-order valence-corrected chi connectivity index (χ1v) is 8.47. The Morgan fingerprint density at radius 2 is 2.00 bits per heavy atom. The molecule has 0 unspecified atom stereocenters. The molecule has 0 spiro atoms. The van der Waals surface area contributed by atoms with Crippen molar-refractivity contribution in [1.82, 2.24) is 19.9 Å². The molecule has 0 aliphatic heterocycles. The van der Waals surface area contributed by atoms with Crippen molar-refractivity contribution in [2.24, 2.45) is 0 Å². The van der Waals surface area contributed by atoms with Gasteiger partial charge in [0.1, 0.15) is 0 Å². The third kappa shape index (κ3) is 4.20. The summed E-state index contributed by atoms with van der Waals surface area (Å²) < 4.78 is 4.98. The molecule has 27 heavy (non-hydrogen) atoms. The lowest BCUT2D eigenvalue weighted by Gasteiger charge is -2.19. The molecule has 2 aromatic heterocycles. The molecule has 0 saturated heterocycles. The number of aromatic amines is 1. The highest BCUT2D eigenvalue weighted by molar-refractivity contribution is 5.89. The average molecular weight is 368 g/mol. The molecule has 0 aliphatic rings. The molecule has 3 N–H and O–H groups in total. The second kappa shape index (κ2) is 7.81. The van der Waals surface area contributed by atoms with E-state index in [0.717, 1.165) is 5.69 Å². The van der Waals surface area contributed by atoms with Gasteiger partial charge in [0.2, 0.25) is 5.95 Å². The van der Waals surface area contributed by atoms with Crippen LogP contribution >= 0.6 is 0 Å². The van der Waals surface area contributed by atoms with E-state index in [1.54, 1.807) is 25.3 Å². The molecule has 1 aromatic carbocycles. The molecule has 3 rings (SSSR count). The molecule has 2 heterocycles. The van der Waals surface area contributed by atoms with Gasteiger partial charge in [0, 0.05) is 25.7 Å². The Kier molecular flexibility index (Phi) is 5.30. The standard InChI is InChI=1S/C18H20N6O3/c1-3-27-17(26)11-4-6-13(7-5-11)24(2)9-8-12-10-20-15-14(21-12)16(25)23-18(19)22-15/h4-7,10H,3,8-9H2,1-2H3,(H3,19,20,22,23,25). The first-order chi connectivity index (χ1) is 13.0. The van der Waals surface area contributed by atoms with Crippen LogP contribution in [0.15, 0.2) is 35.3 Å². The van der Waals surface area contributed by atoms with Gasteiger partial charge < -0.3 is 15.4 Å². The number of fused-ring (bicyclic) bond motifs is 1. The van der Waals surface area contributed by atoms with Gasteiger partial charge in [-0.05, 0) is 31.2 Å². The van der Waals surface area contributed by atoms with Crippen molar-refractivity contribution in [2.45, 2.75) is 13.3 Å². The van der Waals surface area contributed by atoms with Crippen molar-refractivity contribution in [2.75, 3.05) is 30.8 Å². The smallest absolute Gasteiger partial charge is 0.338 e. The number of hydrogen-bond donors (Lipinski definition) is 2. The van der Waals surface area contributed by atoms with Gasteiger partial charge in [-0.1, -0.05) is 0 Å². The van der Waals surface area contributed by atoms with E-state index in [4.69, 9.17) is 10.5 Å². The molecule has 9 nitrogen and oxygen atoms in total. The van der Waals surface area contributed by atoms with Crippen molar-refractivity contribution in [3.8, 4) is 0 Å². The Balaban J connectivity index is 1.68. The summed E-state index contributed by atoms with van der Waals surface area (Å²) in [5.41, 5.74) is 7.63. The minimum atomic E-state index is -0.408. The van der Waals surface area contributed by atoms with E-state index < -0.39 is 5.56 Å². The molecule has 0 saturated carbocycles. The van der Waals surface area contributed by atoms with Crippen LogP contribution in [0.3, 0.4) is 0 Å². The highest BCUT2D eigenvalue weighted by atomic mass is 16.5. The molecule has 0 bridgehead atoms. The van der Waals surface area contributed by atoms with Gasteiger partial charge in [0.05, 0.1) is 24.1 Å². The van der Waals surface area contributed by atoms with Crippen LogP contribution in [0.5, 0.6) is 0 Å². The number of anilines is 2. The third-order valence-corrected chi connectivity index (χ3v) is 4.01. The van der Waals surface area contributed by atoms with Crippen molar-refractivity contribution in [1.29, 1.82) is 0 Å². The van der Waals surface area contributed by atoms with E-state index in [-0.39, 0.29) is 23.1 Å². The maximum atomic E-state index is 11.9. The molecule has 0 aliphatic carbocycles. The summed E-state index contributed by atoms with van der Waals surface area (Å²) in [5.74, 6) is -0.321. The fourth-order valence-electron chi connectivity index (χ4n) is 2.57. The van der Waals surface area contributed by atoms with Crippen molar-refractivity contribution < 1.29 is 9.53 Å². The fraction of sp³-hybridized carbons (Fsp3) is 0.278. The number of benzene rings is 1. The highest BCUT2D eigenvalue weighted by Crippen LogP contribution is 2.15.